The van der Waals surface area contributed by atoms with Crippen LogP contribution in [0.4, 0.5) is 5.82 Å². The molecule has 0 amide bonds. The fraction of sp³-hybridized carbons (Fsp3) is 0.182. The molecule has 0 aliphatic rings. The zero-order chi connectivity index (χ0) is 13.3. The van der Waals surface area contributed by atoms with Crippen molar-refractivity contribution in [2.75, 3.05) is 12.0 Å². The largest absolute Gasteiger partial charge is 0.382 e. The standard InChI is InChI=1S/C11H12ClN3O2S/c1-18(16,17)6-9-10(11(13)15-14-9)7-4-2-3-5-8(7)12/h2-5H,6H2,1H3,(H3,13,14,15). The lowest BCUT2D eigenvalue weighted by Crippen LogP contribution is -2.02. The van der Waals surface area contributed by atoms with Crippen LogP contribution in [0.15, 0.2) is 24.3 Å². The minimum Gasteiger partial charge on any atom is -0.382 e. The van der Waals surface area contributed by atoms with Gasteiger partial charge in [-0.3, -0.25) is 5.10 Å². The van der Waals surface area contributed by atoms with E-state index in [2.05, 4.69) is 10.2 Å². The zero-order valence-corrected chi connectivity index (χ0v) is 11.2. The first-order valence-corrected chi connectivity index (χ1v) is 7.57. The van der Waals surface area contributed by atoms with Crippen LogP contribution in [0, 0.1) is 0 Å². The predicted molar refractivity (Wildman–Crippen MR) is 72.0 cm³/mol. The van der Waals surface area contributed by atoms with Crippen molar-refractivity contribution in [2.45, 2.75) is 5.75 Å². The van der Waals surface area contributed by atoms with Crippen molar-refractivity contribution < 1.29 is 8.42 Å². The van der Waals surface area contributed by atoms with Crippen molar-refractivity contribution in [1.82, 2.24) is 10.2 Å². The lowest BCUT2D eigenvalue weighted by Gasteiger charge is -2.05. The van der Waals surface area contributed by atoms with E-state index >= 15 is 0 Å². The quantitative estimate of drug-likeness (QED) is 0.901. The van der Waals surface area contributed by atoms with Crippen LogP contribution in [0.5, 0.6) is 0 Å². The van der Waals surface area contributed by atoms with Crippen LogP contribution in [0.3, 0.4) is 0 Å². The van der Waals surface area contributed by atoms with Gasteiger partial charge in [-0.25, -0.2) is 8.42 Å². The lowest BCUT2D eigenvalue weighted by molar-refractivity contribution is 0.600. The zero-order valence-electron chi connectivity index (χ0n) is 9.64. The highest BCUT2D eigenvalue weighted by Crippen LogP contribution is 2.33. The normalized spacial score (nSPS) is 11.7. The number of aromatic amines is 1. The summed E-state index contributed by atoms with van der Waals surface area (Å²) in [5, 5.41) is 6.99. The molecule has 0 fully saturated rings. The molecule has 2 aromatic rings. The van der Waals surface area contributed by atoms with E-state index < -0.39 is 9.84 Å². The summed E-state index contributed by atoms with van der Waals surface area (Å²) in [5.41, 5.74) is 7.43. The first-order chi connectivity index (χ1) is 8.38. The van der Waals surface area contributed by atoms with E-state index in [4.69, 9.17) is 17.3 Å². The third-order valence-electron chi connectivity index (χ3n) is 2.42. The Balaban J connectivity index is 2.58. The molecule has 0 spiro atoms. The van der Waals surface area contributed by atoms with E-state index in [0.717, 1.165) is 6.26 Å². The average molecular weight is 286 g/mol. The maximum atomic E-state index is 11.4. The van der Waals surface area contributed by atoms with Crippen LogP contribution in [-0.2, 0) is 15.6 Å². The minimum atomic E-state index is -3.18. The first kappa shape index (κ1) is 12.9. The Morgan fingerprint density at radius 3 is 2.67 bits per heavy atom. The summed E-state index contributed by atoms with van der Waals surface area (Å²) in [5.74, 6) is 0.0827. The van der Waals surface area contributed by atoms with Gasteiger partial charge in [-0.15, -0.1) is 0 Å². The number of H-pyrrole nitrogens is 1. The number of nitrogens with one attached hydrogen (secondary N) is 1. The second-order valence-electron chi connectivity index (χ2n) is 4.01. The summed E-state index contributed by atoms with van der Waals surface area (Å²) in [6.07, 6.45) is 1.15. The molecule has 3 N–H and O–H groups in total. The van der Waals surface area contributed by atoms with Crippen molar-refractivity contribution in [3.05, 3.63) is 35.0 Å². The van der Waals surface area contributed by atoms with E-state index in [1.54, 1.807) is 24.3 Å². The molecule has 0 saturated carbocycles. The van der Waals surface area contributed by atoms with E-state index in [1.807, 2.05) is 0 Å². The molecule has 0 radical (unpaired) electrons. The number of aromatic nitrogens is 2. The number of hydrogen-bond donors (Lipinski definition) is 2. The van der Waals surface area contributed by atoms with Crippen molar-refractivity contribution >= 4 is 27.3 Å². The monoisotopic (exact) mass is 285 g/mol. The Morgan fingerprint density at radius 2 is 2.06 bits per heavy atom. The first-order valence-electron chi connectivity index (χ1n) is 5.14. The van der Waals surface area contributed by atoms with Crippen LogP contribution in [0.25, 0.3) is 11.1 Å². The minimum absolute atomic E-state index is 0.155. The molecule has 7 heteroatoms. The van der Waals surface area contributed by atoms with Crippen molar-refractivity contribution in [3.8, 4) is 11.1 Å². The highest BCUT2D eigenvalue weighted by molar-refractivity contribution is 7.89. The summed E-state index contributed by atoms with van der Waals surface area (Å²) >= 11 is 6.08. The summed E-state index contributed by atoms with van der Waals surface area (Å²) in [4.78, 5) is 0. The molecule has 0 atom stereocenters. The van der Waals surface area contributed by atoms with E-state index in [9.17, 15) is 8.42 Å². The number of rotatable bonds is 3. The van der Waals surface area contributed by atoms with Gasteiger partial charge in [0.2, 0.25) is 0 Å². The number of hydrogen-bond acceptors (Lipinski definition) is 4. The summed E-state index contributed by atoms with van der Waals surface area (Å²) in [6.45, 7) is 0. The number of benzene rings is 1. The van der Waals surface area contributed by atoms with Gasteiger partial charge in [-0.1, -0.05) is 29.8 Å². The Hall–Kier alpha value is -1.53. The van der Waals surface area contributed by atoms with Crippen molar-refractivity contribution in [2.24, 2.45) is 0 Å². The molecule has 0 bridgehead atoms. The molecule has 0 saturated heterocycles. The molecule has 96 valence electrons. The Bertz CT molecular complexity index is 679. The SMILES string of the molecule is CS(=O)(=O)Cc1[nH]nc(N)c1-c1ccccc1Cl. The molecule has 1 heterocycles. The highest BCUT2D eigenvalue weighted by Gasteiger charge is 2.18. The molecule has 1 aromatic heterocycles. The molecule has 18 heavy (non-hydrogen) atoms. The molecular weight excluding hydrogens is 274 g/mol. The van der Waals surface area contributed by atoms with Crippen LogP contribution in [0.2, 0.25) is 5.02 Å². The Morgan fingerprint density at radius 1 is 1.39 bits per heavy atom. The molecule has 1 aromatic carbocycles. The second-order valence-corrected chi connectivity index (χ2v) is 6.56. The number of nitrogens with two attached hydrogens (primary N) is 1. The van der Waals surface area contributed by atoms with Gasteiger partial charge in [0.05, 0.1) is 11.4 Å². The van der Waals surface area contributed by atoms with Gasteiger partial charge in [0.25, 0.3) is 0 Å². The Kier molecular flexibility index (Phi) is 3.32. The number of nitrogens with zero attached hydrogens (tertiary/aromatic N) is 1. The van der Waals surface area contributed by atoms with Crippen molar-refractivity contribution in [1.29, 1.82) is 0 Å². The van der Waals surface area contributed by atoms with Crippen LogP contribution < -0.4 is 5.73 Å². The van der Waals surface area contributed by atoms with E-state index in [0.29, 0.717) is 21.8 Å². The number of anilines is 1. The number of halogens is 1. The second kappa shape index (κ2) is 4.62. The molecule has 2 rings (SSSR count). The average Bonchev–Trinajstić information content (AvgIpc) is 2.59. The van der Waals surface area contributed by atoms with Gasteiger partial charge in [0.1, 0.15) is 0 Å². The van der Waals surface area contributed by atoms with Crippen LogP contribution >= 0.6 is 11.6 Å². The fourth-order valence-corrected chi connectivity index (χ4v) is 2.69. The number of nitrogen functional groups attached to an aromatic ring is 1. The van der Waals surface area contributed by atoms with Gasteiger partial charge in [-0.05, 0) is 6.07 Å². The van der Waals surface area contributed by atoms with Gasteiger partial charge in [-0.2, -0.15) is 5.10 Å². The van der Waals surface area contributed by atoms with Crippen LogP contribution in [-0.4, -0.2) is 24.9 Å². The fourth-order valence-electron chi connectivity index (χ4n) is 1.73. The summed E-state index contributed by atoms with van der Waals surface area (Å²) in [6, 6.07) is 7.08. The summed E-state index contributed by atoms with van der Waals surface area (Å²) < 4.78 is 22.7. The lowest BCUT2D eigenvalue weighted by atomic mass is 10.1. The predicted octanol–water partition coefficient (Wildman–Crippen LogP) is 1.86. The molecule has 0 aliphatic heterocycles. The van der Waals surface area contributed by atoms with Gasteiger partial charge in [0.15, 0.2) is 15.7 Å². The van der Waals surface area contributed by atoms with E-state index in [-0.39, 0.29) is 11.6 Å². The van der Waals surface area contributed by atoms with Gasteiger partial charge < -0.3 is 5.73 Å². The molecular formula is C11H12ClN3O2S. The molecule has 0 unspecified atom stereocenters. The Labute approximate surface area is 110 Å². The summed E-state index contributed by atoms with van der Waals surface area (Å²) in [7, 11) is -3.18. The van der Waals surface area contributed by atoms with Gasteiger partial charge in [0, 0.05) is 22.4 Å². The van der Waals surface area contributed by atoms with Crippen molar-refractivity contribution in [3.63, 3.8) is 0 Å². The maximum Gasteiger partial charge on any atom is 0.153 e. The smallest absolute Gasteiger partial charge is 0.153 e. The van der Waals surface area contributed by atoms with Crippen LogP contribution in [0.1, 0.15) is 5.69 Å². The van der Waals surface area contributed by atoms with Gasteiger partial charge >= 0.3 is 0 Å². The molecule has 0 aliphatic carbocycles. The highest BCUT2D eigenvalue weighted by atomic mass is 35.5. The van der Waals surface area contributed by atoms with E-state index in [1.165, 1.54) is 0 Å². The maximum absolute atomic E-state index is 11.4. The topological polar surface area (TPSA) is 88.8 Å². The third kappa shape index (κ3) is 2.65. The molecule has 5 nitrogen and oxygen atoms in total. The number of sulfone groups is 1. The third-order valence-corrected chi connectivity index (χ3v) is 3.56.